The molecule has 1 aromatic rings. The van der Waals surface area contributed by atoms with Crippen LogP contribution in [0.2, 0.25) is 0 Å². The van der Waals surface area contributed by atoms with Crippen LogP contribution >= 0.6 is 0 Å². The molecule has 2 amide bonds. The van der Waals surface area contributed by atoms with Gasteiger partial charge in [-0.3, -0.25) is 19.5 Å². The summed E-state index contributed by atoms with van der Waals surface area (Å²) in [6.07, 6.45) is 8.58. The monoisotopic (exact) mass is 388 g/mol. The first kappa shape index (κ1) is 20.7. The molecule has 28 heavy (non-hydrogen) atoms. The molecular weight excluding hydrogens is 356 g/mol. The number of pyridine rings is 1. The fourth-order valence-electron chi connectivity index (χ4n) is 3.82. The van der Waals surface area contributed by atoms with Crippen molar-refractivity contribution < 1.29 is 14.3 Å². The zero-order valence-corrected chi connectivity index (χ0v) is 16.7. The number of carbonyl (C=O) groups is 2. The van der Waals surface area contributed by atoms with Gasteiger partial charge in [-0.1, -0.05) is 6.07 Å². The summed E-state index contributed by atoms with van der Waals surface area (Å²) in [6.45, 7) is 4.72. The van der Waals surface area contributed by atoms with Crippen molar-refractivity contribution in [1.29, 1.82) is 0 Å². The van der Waals surface area contributed by atoms with Crippen molar-refractivity contribution in [3.8, 4) is 0 Å². The summed E-state index contributed by atoms with van der Waals surface area (Å²) in [7, 11) is 0. The molecular formula is C21H32N4O3. The highest BCUT2D eigenvalue weighted by Crippen LogP contribution is 2.35. The minimum Gasteiger partial charge on any atom is -0.372 e. The largest absolute Gasteiger partial charge is 0.372 e. The lowest BCUT2D eigenvalue weighted by Gasteiger charge is -2.30. The Balaban J connectivity index is 1.47. The van der Waals surface area contributed by atoms with E-state index in [1.165, 1.54) is 12.8 Å². The Kier molecular flexibility index (Phi) is 7.80. The summed E-state index contributed by atoms with van der Waals surface area (Å²) in [5, 5.41) is 6.00. The van der Waals surface area contributed by atoms with Gasteiger partial charge in [0, 0.05) is 57.1 Å². The van der Waals surface area contributed by atoms with Crippen LogP contribution in [0.3, 0.4) is 0 Å². The number of ether oxygens (including phenoxy) is 1. The van der Waals surface area contributed by atoms with E-state index in [2.05, 4.69) is 20.5 Å². The number of likely N-dealkylation sites (tertiary alicyclic amines) is 1. The minimum atomic E-state index is -0.0640. The summed E-state index contributed by atoms with van der Waals surface area (Å²) in [4.78, 5) is 30.9. The number of nitrogens with zero attached hydrogens (tertiary/aromatic N) is 2. The SMILES string of the molecule is CCOCC(=O)NC[C@@H]1CC[C@H](CC(=O)NCc2cccnc2)N1CC1CC1. The maximum atomic E-state index is 12.5. The van der Waals surface area contributed by atoms with Crippen LogP contribution in [0.1, 0.15) is 44.6 Å². The molecule has 0 aromatic carbocycles. The van der Waals surface area contributed by atoms with E-state index in [9.17, 15) is 9.59 Å². The number of carbonyl (C=O) groups excluding carboxylic acids is 2. The molecule has 1 aromatic heterocycles. The van der Waals surface area contributed by atoms with E-state index in [4.69, 9.17) is 4.74 Å². The molecule has 1 aliphatic carbocycles. The highest BCUT2D eigenvalue weighted by atomic mass is 16.5. The van der Waals surface area contributed by atoms with Crippen molar-refractivity contribution in [3.05, 3.63) is 30.1 Å². The molecule has 154 valence electrons. The number of hydrogen-bond donors (Lipinski definition) is 2. The maximum absolute atomic E-state index is 12.5. The van der Waals surface area contributed by atoms with Crippen molar-refractivity contribution in [2.75, 3.05) is 26.3 Å². The van der Waals surface area contributed by atoms with Crippen LogP contribution in [0.4, 0.5) is 0 Å². The van der Waals surface area contributed by atoms with Gasteiger partial charge in [0.15, 0.2) is 0 Å². The van der Waals surface area contributed by atoms with Crippen LogP contribution in [0.25, 0.3) is 0 Å². The number of amides is 2. The molecule has 2 aliphatic rings. The number of rotatable bonds is 11. The van der Waals surface area contributed by atoms with Gasteiger partial charge in [0.25, 0.3) is 0 Å². The number of aromatic nitrogens is 1. The second kappa shape index (κ2) is 10.5. The molecule has 2 heterocycles. The van der Waals surface area contributed by atoms with Crippen molar-refractivity contribution >= 4 is 11.8 Å². The van der Waals surface area contributed by atoms with E-state index < -0.39 is 0 Å². The van der Waals surface area contributed by atoms with Crippen LogP contribution < -0.4 is 10.6 Å². The Morgan fingerprint density at radius 2 is 2.00 bits per heavy atom. The topological polar surface area (TPSA) is 83.6 Å². The van der Waals surface area contributed by atoms with E-state index in [0.29, 0.717) is 32.2 Å². The lowest BCUT2D eigenvalue weighted by molar-refractivity contribution is -0.126. The Labute approximate surface area is 167 Å². The maximum Gasteiger partial charge on any atom is 0.246 e. The van der Waals surface area contributed by atoms with Crippen molar-refractivity contribution in [3.63, 3.8) is 0 Å². The van der Waals surface area contributed by atoms with Crippen molar-refractivity contribution in [2.45, 2.75) is 57.7 Å². The highest BCUT2D eigenvalue weighted by molar-refractivity contribution is 5.77. The Hall–Kier alpha value is -1.99. The first-order valence-corrected chi connectivity index (χ1v) is 10.4. The summed E-state index contributed by atoms with van der Waals surface area (Å²) in [6, 6.07) is 4.40. The predicted octanol–water partition coefficient (Wildman–Crippen LogP) is 1.48. The van der Waals surface area contributed by atoms with Gasteiger partial charge in [0.2, 0.25) is 11.8 Å². The fourth-order valence-corrected chi connectivity index (χ4v) is 3.82. The third-order valence-corrected chi connectivity index (χ3v) is 5.54. The van der Waals surface area contributed by atoms with E-state index in [1.807, 2.05) is 19.1 Å². The summed E-state index contributed by atoms with van der Waals surface area (Å²) in [5.74, 6) is 0.766. The van der Waals surface area contributed by atoms with Gasteiger partial charge in [0.05, 0.1) is 0 Å². The van der Waals surface area contributed by atoms with Crippen molar-refractivity contribution in [2.24, 2.45) is 5.92 Å². The molecule has 7 nitrogen and oxygen atoms in total. The molecule has 2 N–H and O–H groups in total. The van der Waals surface area contributed by atoms with E-state index in [0.717, 1.165) is 30.9 Å². The van der Waals surface area contributed by atoms with Gasteiger partial charge in [-0.15, -0.1) is 0 Å². The Morgan fingerprint density at radius 1 is 1.18 bits per heavy atom. The first-order valence-electron chi connectivity index (χ1n) is 10.4. The Morgan fingerprint density at radius 3 is 2.71 bits per heavy atom. The van der Waals surface area contributed by atoms with Gasteiger partial charge >= 0.3 is 0 Å². The molecule has 0 unspecified atom stereocenters. The average Bonchev–Trinajstić information content (AvgIpc) is 3.46. The van der Waals surface area contributed by atoms with Gasteiger partial charge < -0.3 is 15.4 Å². The van der Waals surface area contributed by atoms with Crippen LogP contribution in [0, 0.1) is 5.92 Å². The third kappa shape index (κ3) is 6.56. The molecule has 0 bridgehead atoms. The lowest BCUT2D eigenvalue weighted by atomic mass is 10.1. The second-order valence-electron chi connectivity index (χ2n) is 7.81. The fraction of sp³-hybridized carbons (Fsp3) is 0.667. The molecule has 3 rings (SSSR count). The van der Waals surface area contributed by atoms with Gasteiger partial charge in [-0.05, 0) is 50.2 Å². The third-order valence-electron chi connectivity index (χ3n) is 5.54. The van der Waals surface area contributed by atoms with E-state index in [-0.39, 0.29) is 24.5 Å². The van der Waals surface area contributed by atoms with Crippen LogP contribution in [0.15, 0.2) is 24.5 Å². The molecule has 0 spiro atoms. The second-order valence-corrected chi connectivity index (χ2v) is 7.81. The zero-order chi connectivity index (χ0) is 19.8. The molecule has 1 saturated carbocycles. The summed E-state index contributed by atoms with van der Waals surface area (Å²) >= 11 is 0. The summed E-state index contributed by atoms with van der Waals surface area (Å²) in [5.41, 5.74) is 1.01. The normalized spacial score (nSPS) is 22.2. The van der Waals surface area contributed by atoms with Crippen LogP contribution in [0.5, 0.6) is 0 Å². The molecule has 1 aliphatic heterocycles. The number of nitrogens with one attached hydrogen (secondary N) is 2. The lowest BCUT2D eigenvalue weighted by Crippen LogP contribution is -2.46. The quantitative estimate of drug-likeness (QED) is 0.600. The van der Waals surface area contributed by atoms with Crippen LogP contribution in [-0.2, 0) is 20.9 Å². The van der Waals surface area contributed by atoms with Crippen molar-refractivity contribution in [1.82, 2.24) is 20.5 Å². The molecule has 1 saturated heterocycles. The Bertz CT molecular complexity index is 636. The molecule has 2 fully saturated rings. The number of hydrogen-bond acceptors (Lipinski definition) is 5. The van der Waals surface area contributed by atoms with Crippen LogP contribution in [-0.4, -0.2) is 60.1 Å². The smallest absolute Gasteiger partial charge is 0.246 e. The average molecular weight is 389 g/mol. The predicted molar refractivity (Wildman–Crippen MR) is 106 cm³/mol. The molecule has 0 radical (unpaired) electrons. The van der Waals surface area contributed by atoms with Gasteiger partial charge in [0.1, 0.15) is 6.61 Å². The molecule has 2 atom stereocenters. The minimum absolute atomic E-state index is 0.0640. The van der Waals surface area contributed by atoms with Gasteiger partial charge in [-0.2, -0.15) is 0 Å². The standard InChI is InChI=1S/C21H32N4O3/c1-2-28-15-21(27)24-13-19-8-7-18(25(19)14-16-5-6-16)10-20(26)23-12-17-4-3-9-22-11-17/h3-4,9,11,16,18-19H,2,5-8,10,12-15H2,1H3,(H,23,26)(H,24,27)/t18-,19+/m1/s1. The highest BCUT2D eigenvalue weighted by Gasteiger charge is 2.37. The van der Waals surface area contributed by atoms with E-state index >= 15 is 0 Å². The van der Waals surface area contributed by atoms with E-state index in [1.54, 1.807) is 12.4 Å². The van der Waals surface area contributed by atoms with Gasteiger partial charge in [-0.25, -0.2) is 0 Å². The summed E-state index contributed by atoms with van der Waals surface area (Å²) < 4.78 is 5.17. The first-order chi connectivity index (χ1) is 13.7. The molecule has 7 heteroatoms. The zero-order valence-electron chi connectivity index (χ0n) is 16.7.